The lowest BCUT2D eigenvalue weighted by molar-refractivity contribution is -0.154. The second kappa shape index (κ2) is 14.1. The van der Waals surface area contributed by atoms with E-state index in [1.54, 1.807) is 19.3 Å². The number of rotatable bonds is 7. The molecular formula is C27H33F5N8O4. The van der Waals surface area contributed by atoms with Crippen molar-refractivity contribution in [1.82, 2.24) is 40.9 Å². The van der Waals surface area contributed by atoms with Gasteiger partial charge in [-0.25, -0.2) is 22.9 Å². The number of aromatic nitrogens is 5. The van der Waals surface area contributed by atoms with E-state index in [9.17, 15) is 31.5 Å². The Balaban J connectivity index is 0.000000310. The number of nitrogens with one attached hydrogen (secondary N) is 3. The lowest BCUT2D eigenvalue weighted by atomic mass is 9.97. The smallest absolute Gasteiger partial charge is 0.362 e. The van der Waals surface area contributed by atoms with Crippen LogP contribution in [-0.2, 0) is 22.6 Å². The fourth-order valence-electron chi connectivity index (χ4n) is 4.88. The molecule has 3 N–H and O–H groups in total. The summed E-state index contributed by atoms with van der Waals surface area (Å²) in [5.74, 6) is -3.92. The predicted octanol–water partition coefficient (Wildman–Crippen LogP) is 3.48. The SMILES string of the molecule is CNC=O.FC1(F)CCCCC1.O=C(NCc1cn2ncc(C[C@H]3CC(C(F)(F)F)NC3=O)cc2n1)c1nonc1C1CC1. The summed E-state index contributed by atoms with van der Waals surface area (Å²) in [5, 5.41) is 18.7. The number of fused-ring (bicyclic) bond motifs is 1. The minimum absolute atomic E-state index is 0.118. The van der Waals surface area contributed by atoms with Crippen LogP contribution in [0.5, 0.6) is 0 Å². The Kier molecular flexibility index (Phi) is 10.5. The summed E-state index contributed by atoms with van der Waals surface area (Å²) in [7, 11) is 1.56. The molecule has 0 radical (unpaired) electrons. The molecule has 2 atom stereocenters. The number of nitrogens with zero attached hydrogens (tertiary/aromatic N) is 5. The van der Waals surface area contributed by atoms with Crippen LogP contribution in [0.1, 0.15) is 84.7 Å². The van der Waals surface area contributed by atoms with Crippen molar-refractivity contribution < 1.29 is 41.0 Å². The maximum Gasteiger partial charge on any atom is 0.408 e. The van der Waals surface area contributed by atoms with E-state index in [1.807, 2.05) is 5.32 Å². The van der Waals surface area contributed by atoms with Crippen LogP contribution in [0.4, 0.5) is 22.0 Å². The lowest BCUT2D eigenvalue weighted by Crippen LogP contribution is -2.38. The molecule has 4 heterocycles. The van der Waals surface area contributed by atoms with Crippen molar-refractivity contribution in [1.29, 1.82) is 0 Å². The predicted molar refractivity (Wildman–Crippen MR) is 143 cm³/mol. The highest BCUT2D eigenvalue weighted by atomic mass is 19.4. The number of alkyl halides is 5. The van der Waals surface area contributed by atoms with Gasteiger partial charge in [-0.2, -0.15) is 18.3 Å². The van der Waals surface area contributed by atoms with Gasteiger partial charge in [0.15, 0.2) is 11.3 Å². The molecule has 17 heteroatoms. The first-order chi connectivity index (χ1) is 20.9. The van der Waals surface area contributed by atoms with Gasteiger partial charge in [0.2, 0.25) is 18.2 Å². The van der Waals surface area contributed by atoms with Gasteiger partial charge in [0.25, 0.3) is 5.91 Å². The van der Waals surface area contributed by atoms with Gasteiger partial charge in [-0.3, -0.25) is 14.4 Å². The molecule has 0 spiro atoms. The molecule has 3 aliphatic rings. The van der Waals surface area contributed by atoms with E-state index in [0.717, 1.165) is 19.3 Å². The minimum Gasteiger partial charge on any atom is -0.362 e. The van der Waals surface area contributed by atoms with Gasteiger partial charge >= 0.3 is 6.18 Å². The standard InChI is InChI=1S/C19H18F3N7O3.C6H10F2.C2H5NO/c20-19(21,22)13-5-11(17(30)26-13)3-9-4-14-25-12(8-29(14)24-6-9)7-23-18(31)16-15(10-1-2-10)27-32-28-16;7-6(8)4-2-1-3-5-6;1-3-2-4/h4,6,8,10-11,13H,1-3,5,7H2,(H,23,31)(H,26,30);1-5H2;2H,1H3,(H,3,4)/t11-,13?;;/m0../s1. The second-order valence-electron chi connectivity index (χ2n) is 10.9. The fourth-order valence-corrected chi connectivity index (χ4v) is 4.88. The summed E-state index contributed by atoms with van der Waals surface area (Å²) >= 11 is 0. The van der Waals surface area contributed by atoms with Crippen molar-refractivity contribution in [3.8, 4) is 0 Å². The molecule has 6 rings (SSSR count). The molecule has 3 aromatic heterocycles. The molecule has 44 heavy (non-hydrogen) atoms. The van der Waals surface area contributed by atoms with Crippen LogP contribution >= 0.6 is 0 Å². The molecule has 12 nitrogen and oxygen atoms in total. The summed E-state index contributed by atoms with van der Waals surface area (Å²) in [6.45, 7) is 0.118. The molecule has 0 bridgehead atoms. The van der Waals surface area contributed by atoms with Gasteiger partial charge in [0.1, 0.15) is 11.7 Å². The third-order valence-corrected chi connectivity index (χ3v) is 7.34. The summed E-state index contributed by atoms with van der Waals surface area (Å²) in [4.78, 5) is 37.7. The van der Waals surface area contributed by atoms with E-state index in [4.69, 9.17) is 4.79 Å². The van der Waals surface area contributed by atoms with Gasteiger partial charge in [-0.1, -0.05) is 11.6 Å². The van der Waals surface area contributed by atoms with Crippen LogP contribution in [0.15, 0.2) is 23.1 Å². The van der Waals surface area contributed by atoms with Gasteiger partial charge in [0, 0.05) is 31.7 Å². The number of hydrogen-bond donors (Lipinski definition) is 3. The Morgan fingerprint density at radius 2 is 1.91 bits per heavy atom. The first kappa shape index (κ1) is 32.7. The van der Waals surface area contributed by atoms with Crippen LogP contribution in [0, 0.1) is 5.92 Å². The first-order valence-corrected chi connectivity index (χ1v) is 14.2. The largest absolute Gasteiger partial charge is 0.408 e. The fraction of sp³-hybridized carbons (Fsp3) is 0.593. The number of carbonyl (C=O) groups excluding carboxylic acids is 3. The molecule has 2 saturated carbocycles. The summed E-state index contributed by atoms with van der Waals surface area (Å²) in [6.07, 6.45) is 3.68. The summed E-state index contributed by atoms with van der Waals surface area (Å²) in [5.41, 5.74) is 2.32. The van der Waals surface area contributed by atoms with Gasteiger partial charge in [0.05, 0.1) is 24.6 Å². The van der Waals surface area contributed by atoms with E-state index in [2.05, 4.69) is 35.7 Å². The quantitative estimate of drug-likeness (QED) is 0.265. The number of halogens is 5. The Morgan fingerprint density at radius 1 is 1.20 bits per heavy atom. The highest BCUT2D eigenvalue weighted by Gasteiger charge is 2.47. The van der Waals surface area contributed by atoms with Crippen molar-refractivity contribution in [2.45, 2.75) is 88.4 Å². The maximum absolute atomic E-state index is 12.9. The Bertz CT molecular complexity index is 1430. The zero-order valence-electron chi connectivity index (χ0n) is 23.9. The molecule has 3 fully saturated rings. The number of hydrogen-bond acceptors (Lipinski definition) is 8. The van der Waals surface area contributed by atoms with Crippen LogP contribution in [0.3, 0.4) is 0 Å². The lowest BCUT2D eigenvalue weighted by Gasteiger charge is -2.20. The zero-order chi connectivity index (χ0) is 31.9. The van der Waals surface area contributed by atoms with Crippen molar-refractivity contribution in [2.24, 2.45) is 5.92 Å². The third-order valence-electron chi connectivity index (χ3n) is 7.34. The van der Waals surface area contributed by atoms with E-state index in [1.165, 1.54) is 10.7 Å². The zero-order valence-corrected chi connectivity index (χ0v) is 23.9. The average molecular weight is 629 g/mol. The van der Waals surface area contributed by atoms with E-state index in [-0.39, 0.29) is 43.8 Å². The molecule has 1 unspecified atom stereocenters. The van der Waals surface area contributed by atoms with Crippen LogP contribution in [-0.4, -0.2) is 68.3 Å². The van der Waals surface area contributed by atoms with Gasteiger partial charge < -0.3 is 16.0 Å². The van der Waals surface area contributed by atoms with Crippen molar-refractivity contribution in [3.63, 3.8) is 0 Å². The summed E-state index contributed by atoms with van der Waals surface area (Å²) in [6, 6.07) is -0.155. The van der Waals surface area contributed by atoms with Crippen molar-refractivity contribution >= 4 is 23.9 Å². The topological polar surface area (TPSA) is 156 Å². The minimum atomic E-state index is -4.46. The van der Waals surface area contributed by atoms with Crippen molar-refractivity contribution in [2.75, 3.05) is 7.05 Å². The monoisotopic (exact) mass is 628 g/mol. The highest BCUT2D eigenvalue weighted by Crippen LogP contribution is 2.40. The summed E-state index contributed by atoms with van der Waals surface area (Å²) < 4.78 is 69.2. The van der Waals surface area contributed by atoms with Crippen LogP contribution in [0.25, 0.3) is 5.65 Å². The molecule has 240 valence electrons. The highest BCUT2D eigenvalue weighted by molar-refractivity contribution is 5.93. The molecule has 3 amide bonds. The van der Waals surface area contributed by atoms with E-state index in [0.29, 0.717) is 41.9 Å². The second-order valence-corrected chi connectivity index (χ2v) is 10.9. The maximum atomic E-state index is 12.9. The Morgan fingerprint density at radius 3 is 2.48 bits per heavy atom. The number of amides is 3. The molecular weight excluding hydrogens is 595 g/mol. The van der Waals surface area contributed by atoms with Gasteiger partial charge in [-0.05, 0) is 55.3 Å². The first-order valence-electron chi connectivity index (χ1n) is 14.2. The average Bonchev–Trinajstić information content (AvgIpc) is 3.36. The molecule has 1 aliphatic heterocycles. The van der Waals surface area contributed by atoms with Crippen molar-refractivity contribution in [3.05, 3.63) is 41.1 Å². The Labute approximate surface area is 248 Å². The molecule has 1 saturated heterocycles. The van der Waals surface area contributed by atoms with E-state index >= 15 is 0 Å². The number of imidazole rings is 1. The molecule has 0 aromatic carbocycles. The number of carbonyl (C=O) groups is 3. The third kappa shape index (κ3) is 8.92. The van der Waals surface area contributed by atoms with Crippen LogP contribution in [0.2, 0.25) is 0 Å². The molecule has 3 aromatic rings. The Hall–Kier alpha value is -4.18. The van der Waals surface area contributed by atoms with E-state index < -0.39 is 35.9 Å². The van der Waals surface area contributed by atoms with Gasteiger partial charge in [-0.15, -0.1) is 0 Å². The normalized spacial score (nSPS) is 20.9. The van der Waals surface area contributed by atoms with Crippen LogP contribution < -0.4 is 16.0 Å². The molecule has 2 aliphatic carbocycles.